The Morgan fingerprint density at radius 1 is 0.957 bits per heavy atom. The zero-order chi connectivity index (χ0) is 16.4. The maximum absolute atomic E-state index is 13.0. The molecule has 2 aromatic rings. The fourth-order valence-electron chi connectivity index (χ4n) is 2.78. The average Bonchev–Trinajstić information content (AvgIpc) is 2.87. The van der Waals surface area contributed by atoms with Gasteiger partial charge in [0.05, 0.1) is 6.54 Å². The summed E-state index contributed by atoms with van der Waals surface area (Å²) in [6.07, 6.45) is 0. The average molecular weight is 309 g/mol. The topological polar surface area (TPSA) is 92.5 Å². The van der Waals surface area contributed by atoms with Crippen LogP contribution in [0.15, 0.2) is 60.7 Å². The number of nitrogens with two attached hydrogens (primary N) is 1. The van der Waals surface area contributed by atoms with E-state index in [1.807, 2.05) is 12.1 Å². The van der Waals surface area contributed by atoms with E-state index >= 15 is 0 Å². The summed E-state index contributed by atoms with van der Waals surface area (Å²) in [5.41, 5.74) is 5.05. The van der Waals surface area contributed by atoms with Crippen molar-refractivity contribution < 1.29 is 14.4 Å². The number of carbonyl (C=O) groups is 3. The number of rotatable bonds is 3. The minimum absolute atomic E-state index is 0.418. The maximum atomic E-state index is 13.0. The van der Waals surface area contributed by atoms with Gasteiger partial charge in [-0.15, -0.1) is 0 Å². The number of nitrogens with one attached hydrogen (secondary N) is 1. The highest BCUT2D eigenvalue weighted by atomic mass is 16.2. The molecule has 1 saturated heterocycles. The zero-order valence-corrected chi connectivity index (χ0v) is 12.2. The predicted octanol–water partition coefficient (Wildman–Crippen LogP) is 0.967. The highest BCUT2D eigenvalue weighted by Crippen LogP contribution is 2.35. The minimum Gasteiger partial charge on any atom is -0.322 e. The van der Waals surface area contributed by atoms with E-state index in [0.717, 1.165) is 0 Å². The molecule has 0 radical (unpaired) electrons. The Bertz CT molecular complexity index is 720. The molecule has 23 heavy (non-hydrogen) atoms. The highest BCUT2D eigenvalue weighted by molar-refractivity contribution is 6.20. The fraction of sp³-hybridized carbons (Fsp3) is 0.118. The molecule has 1 fully saturated rings. The van der Waals surface area contributed by atoms with Crippen molar-refractivity contribution in [2.24, 2.45) is 5.73 Å². The number of amides is 4. The Kier molecular flexibility index (Phi) is 3.67. The first-order valence-electron chi connectivity index (χ1n) is 7.12. The summed E-state index contributed by atoms with van der Waals surface area (Å²) in [7, 11) is 0. The van der Waals surface area contributed by atoms with Crippen LogP contribution in [-0.2, 0) is 15.1 Å². The van der Waals surface area contributed by atoms with Crippen molar-refractivity contribution in [1.29, 1.82) is 0 Å². The minimum atomic E-state index is -1.43. The molecule has 0 saturated carbocycles. The van der Waals surface area contributed by atoms with Crippen molar-refractivity contribution in [2.75, 3.05) is 6.54 Å². The molecular formula is C17H15N3O3. The first kappa shape index (κ1) is 14.9. The molecule has 3 N–H and O–H groups in total. The summed E-state index contributed by atoms with van der Waals surface area (Å²) >= 11 is 0. The van der Waals surface area contributed by atoms with Gasteiger partial charge in [-0.05, 0) is 11.1 Å². The standard InChI is InChI=1S/C17H15N3O3/c18-11-14(21)20-15(22)17(19-16(20)23,12-7-3-1-4-8-12)13-9-5-2-6-10-13/h1-10H,11,18H2,(H,19,23). The van der Waals surface area contributed by atoms with Gasteiger partial charge in [0.25, 0.3) is 11.8 Å². The molecule has 4 amide bonds. The Labute approximate surface area is 132 Å². The van der Waals surface area contributed by atoms with Gasteiger partial charge in [-0.2, -0.15) is 4.90 Å². The van der Waals surface area contributed by atoms with Crippen LogP contribution in [-0.4, -0.2) is 29.3 Å². The van der Waals surface area contributed by atoms with Crippen molar-refractivity contribution >= 4 is 17.8 Å². The van der Waals surface area contributed by atoms with Crippen LogP contribution < -0.4 is 11.1 Å². The van der Waals surface area contributed by atoms with Crippen molar-refractivity contribution in [1.82, 2.24) is 10.2 Å². The monoisotopic (exact) mass is 309 g/mol. The quantitative estimate of drug-likeness (QED) is 0.826. The van der Waals surface area contributed by atoms with Crippen LogP contribution in [0.3, 0.4) is 0 Å². The molecule has 6 nitrogen and oxygen atoms in total. The number of hydrogen-bond donors (Lipinski definition) is 2. The first-order valence-corrected chi connectivity index (χ1v) is 7.12. The lowest BCUT2D eigenvalue weighted by atomic mass is 9.82. The van der Waals surface area contributed by atoms with Gasteiger partial charge in [0.1, 0.15) is 0 Å². The summed E-state index contributed by atoms with van der Waals surface area (Å²) in [6, 6.07) is 16.9. The van der Waals surface area contributed by atoms with E-state index in [-0.39, 0.29) is 0 Å². The van der Waals surface area contributed by atoms with Crippen LogP contribution in [0.4, 0.5) is 4.79 Å². The molecule has 6 heteroatoms. The summed E-state index contributed by atoms with van der Waals surface area (Å²) < 4.78 is 0. The van der Waals surface area contributed by atoms with Crippen LogP contribution >= 0.6 is 0 Å². The number of imide groups is 3. The number of urea groups is 1. The summed E-state index contributed by atoms with van der Waals surface area (Å²) in [4.78, 5) is 37.8. The van der Waals surface area contributed by atoms with E-state index in [0.29, 0.717) is 16.0 Å². The lowest BCUT2D eigenvalue weighted by Gasteiger charge is -2.27. The lowest BCUT2D eigenvalue weighted by Crippen LogP contribution is -2.46. The van der Waals surface area contributed by atoms with Gasteiger partial charge in [-0.1, -0.05) is 60.7 Å². The van der Waals surface area contributed by atoms with Crippen LogP contribution in [0.1, 0.15) is 11.1 Å². The summed E-state index contributed by atoms with van der Waals surface area (Å²) in [5.74, 6) is -1.38. The van der Waals surface area contributed by atoms with Crippen LogP contribution in [0.2, 0.25) is 0 Å². The Balaban J connectivity index is 2.21. The third kappa shape index (κ3) is 2.20. The van der Waals surface area contributed by atoms with Crippen molar-refractivity contribution in [3.8, 4) is 0 Å². The lowest BCUT2D eigenvalue weighted by molar-refractivity contribution is -0.140. The van der Waals surface area contributed by atoms with E-state index in [1.165, 1.54) is 0 Å². The number of hydrogen-bond acceptors (Lipinski definition) is 4. The molecule has 1 aliphatic rings. The number of nitrogens with zero attached hydrogens (tertiary/aromatic N) is 1. The normalized spacial score (nSPS) is 16.3. The third-order valence-corrected chi connectivity index (χ3v) is 3.86. The second-order valence-corrected chi connectivity index (χ2v) is 5.15. The van der Waals surface area contributed by atoms with Gasteiger partial charge in [0, 0.05) is 0 Å². The van der Waals surface area contributed by atoms with Crippen molar-refractivity contribution in [3.63, 3.8) is 0 Å². The van der Waals surface area contributed by atoms with E-state index in [2.05, 4.69) is 5.32 Å². The van der Waals surface area contributed by atoms with Gasteiger partial charge in [-0.25, -0.2) is 4.79 Å². The molecule has 0 unspecified atom stereocenters. The predicted molar refractivity (Wildman–Crippen MR) is 83.1 cm³/mol. The van der Waals surface area contributed by atoms with Crippen LogP contribution in [0.25, 0.3) is 0 Å². The largest absolute Gasteiger partial charge is 0.332 e. The molecule has 0 aromatic heterocycles. The zero-order valence-electron chi connectivity index (χ0n) is 12.2. The van der Waals surface area contributed by atoms with E-state index in [4.69, 9.17) is 5.73 Å². The van der Waals surface area contributed by atoms with Gasteiger partial charge in [0.15, 0.2) is 5.54 Å². The molecular weight excluding hydrogens is 294 g/mol. The molecule has 1 heterocycles. The molecule has 0 spiro atoms. The molecule has 116 valence electrons. The van der Waals surface area contributed by atoms with Crippen LogP contribution in [0.5, 0.6) is 0 Å². The van der Waals surface area contributed by atoms with Gasteiger partial charge >= 0.3 is 6.03 Å². The number of benzene rings is 2. The third-order valence-electron chi connectivity index (χ3n) is 3.86. The SMILES string of the molecule is NCC(=O)N1C(=O)NC(c2ccccc2)(c2ccccc2)C1=O. The maximum Gasteiger partial charge on any atom is 0.332 e. The molecule has 1 aliphatic heterocycles. The Morgan fingerprint density at radius 2 is 1.43 bits per heavy atom. The summed E-state index contributed by atoms with van der Waals surface area (Å²) in [6.45, 7) is -0.418. The summed E-state index contributed by atoms with van der Waals surface area (Å²) in [5, 5.41) is 2.68. The second-order valence-electron chi connectivity index (χ2n) is 5.15. The molecule has 0 atom stereocenters. The highest BCUT2D eigenvalue weighted by Gasteiger charge is 2.55. The molecule has 0 aliphatic carbocycles. The van der Waals surface area contributed by atoms with E-state index in [1.54, 1.807) is 48.5 Å². The van der Waals surface area contributed by atoms with E-state index < -0.39 is 29.9 Å². The Hall–Kier alpha value is -2.99. The van der Waals surface area contributed by atoms with Crippen LogP contribution in [0, 0.1) is 0 Å². The molecule has 3 rings (SSSR count). The second kappa shape index (κ2) is 5.66. The smallest absolute Gasteiger partial charge is 0.322 e. The van der Waals surface area contributed by atoms with E-state index in [9.17, 15) is 14.4 Å². The fourth-order valence-corrected chi connectivity index (χ4v) is 2.78. The first-order chi connectivity index (χ1) is 11.1. The van der Waals surface area contributed by atoms with Gasteiger partial charge in [-0.3, -0.25) is 9.59 Å². The molecule has 0 bridgehead atoms. The van der Waals surface area contributed by atoms with Crippen molar-refractivity contribution in [3.05, 3.63) is 71.8 Å². The molecule has 2 aromatic carbocycles. The number of carbonyl (C=O) groups excluding carboxylic acids is 3. The Morgan fingerprint density at radius 3 is 1.87 bits per heavy atom. The van der Waals surface area contributed by atoms with Gasteiger partial charge < -0.3 is 11.1 Å². The van der Waals surface area contributed by atoms with Gasteiger partial charge in [0.2, 0.25) is 0 Å². The van der Waals surface area contributed by atoms with Crippen molar-refractivity contribution in [2.45, 2.75) is 5.54 Å².